The van der Waals surface area contributed by atoms with Crippen LogP contribution < -0.4 is 4.74 Å². The Morgan fingerprint density at radius 3 is 2.23 bits per heavy atom. The largest absolute Gasteiger partial charge is 0.494 e. The van der Waals surface area contributed by atoms with Gasteiger partial charge in [0.15, 0.2) is 0 Å². The third-order valence-corrected chi connectivity index (χ3v) is 5.73. The van der Waals surface area contributed by atoms with Gasteiger partial charge in [0.05, 0.1) is 12.2 Å². The second kappa shape index (κ2) is 11.3. The number of carbonyl (C=O) groups excluding carboxylic acids is 2. The molecule has 2 heterocycles. The van der Waals surface area contributed by atoms with Gasteiger partial charge in [-0.15, -0.1) is 0 Å². The monoisotopic (exact) mass is 429 g/mol. The number of unbranched alkanes of at least 4 members (excludes halogenated alkanes) is 1. The van der Waals surface area contributed by atoms with Crippen molar-refractivity contribution < 1.29 is 19.1 Å². The molecule has 1 aromatic rings. The van der Waals surface area contributed by atoms with Crippen LogP contribution >= 0.6 is 0 Å². The molecule has 0 radical (unpaired) electrons. The first-order valence-electron chi connectivity index (χ1n) is 11.4. The summed E-state index contributed by atoms with van der Waals surface area (Å²) in [5, 5.41) is 0. The van der Waals surface area contributed by atoms with Crippen LogP contribution in [0.3, 0.4) is 0 Å². The predicted molar refractivity (Wildman–Crippen MR) is 121 cm³/mol. The maximum Gasteiger partial charge on any atom is 0.277 e. The summed E-state index contributed by atoms with van der Waals surface area (Å²) in [4.78, 5) is 32.4. The van der Waals surface area contributed by atoms with Crippen molar-refractivity contribution >= 4 is 17.4 Å². The molecule has 0 atom stereocenters. The zero-order valence-corrected chi connectivity index (χ0v) is 19.1. The van der Waals surface area contributed by atoms with Crippen LogP contribution in [0.25, 0.3) is 5.57 Å². The van der Waals surface area contributed by atoms with Gasteiger partial charge in [-0.05, 0) is 44.5 Å². The van der Waals surface area contributed by atoms with Crippen molar-refractivity contribution in [3.8, 4) is 5.75 Å². The fraction of sp³-hybridized carbons (Fsp3) is 0.583. The van der Waals surface area contributed by atoms with Crippen molar-refractivity contribution in [3.05, 3.63) is 35.5 Å². The third kappa shape index (κ3) is 5.66. The van der Waals surface area contributed by atoms with E-state index in [9.17, 15) is 9.59 Å². The van der Waals surface area contributed by atoms with E-state index in [0.29, 0.717) is 37.4 Å². The van der Waals surface area contributed by atoms with Crippen LogP contribution in [0.1, 0.15) is 38.7 Å². The summed E-state index contributed by atoms with van der Waals surface area (Å²) in [6.45, 7) is 9.50. The minimum Gasteiger partial charge on any atom is -0.494 e. The van der Waals surface area contributed by atoms with E-state index in [1.807, 2.05) is 31.2 Å². The predicted octanol–water partition coefficient (Wildman–Crippen LogP) is 2.62. The number of likely N-dealkylation sites (N-methyl/N-ethyl adjacent to an activating group) is 1. The lowest BCUT2D eigenvalue weighted by Gasteiger charge is -2.34. The van der Waals surface area contributed by atoms with Crippen LogP contribution in [0.2, 0.25) is 0 Å². The van der Waals surface area contributed by atoms with Crippen molar-refractivity contribution in [2.45, 2.75) is 33.1 Å². The van der Waals surface area contributed by atoms with E-state index in [1.54, 1.807) is 0 Å². The first kappa shape index (κ1) is 23.3. The number of hydrogen-bond acceptors (Lipinski definition) is 6. The molecule has 1 aromatic carbocycles. The molecule has 0 unspecified atom stereocenters. The van der Waals surface area contributed by atoms with Gasteiger partial charge in [0.25, 0.3) is 11.8 Å². The smallest absolute Gasteiger partial charge is 0.277 e. The summed E-state index contributed by atoms with van der Waals surface area (Å²) in [5.74, 6) is 0.356. The first-order chi connectivity index (χ1) is 15.1. The SMILES string of the molecule is CCCCOCCCN1C(=O)C(c2ccc(OCC)cc2)=C(N2CCN(C)CC2)C1=O. The van der Waals surface area contributed by atoms with Gasteiger partial charge in [0.2, 0.25) is 0 Å². The molecule has 0 bridgehead atoms. The summed E-state index contributed by atoms with van der Waals surface area (Å²) in [6.07, 6.45) is 2.76. The normalized spacial score (nSPS) is 17.8. The lowest BCUT2D eigenvalue weighted by Crippen LogP contribution is -2.46. The van der Waals surface area contributed by atoms with E-state index in [1.165, 1.54) is 4.90 Å². The highest BCUT2D eigenvalue weighted by Crippen LogP contribution is 2.33. The summed E-state index contributed by atoms with van der Waals surface area (Å²) >= 11 is 0. The molecule has 1 saturated heterocycles. The number of amides is 2. The standard InChI is InChI=1S/C24H35N3O4/c1-4-6-17-30-18-7-12-27-23(28)21(19-8-10-20(11-9-19)31-5-2)22(24(27)29)26-15-13-25(3)14-16-26/h8-11H,4-7,12-18H2,1-3H3. The minimum absolute atomic E-state index is 0.188. The Kier molecular flexibility index (Phi) is 8.49. The third-order valence-electron chi connectivity index (χ3n) is 5.73. The fourth-order valence-electron chi connectivity index (χ4n) is 3.91. The minimum atomic E-state index is -0.211. The first-order valence-corrected chi connectivity index (χ1v) is 11.4. The van der Waals surface area contributed by atoms with Crippen LogP contribution in [0.15, 0.2) is 30.0 Å². The van der Waals surface area contributed by atoms with Gasteiger partial charge < -0.3 is 19.3 Å². The van der Waals surface area contributed by atoms with Crippen molar-refractivity contribution in [2.24, 2.45) is 0 Å². The Labute approximate surface area is 185 Å². The van der Waals surface area contributed by atoms with Gasteiger partial charge in [-0.2, -0.15) is 0 Å². The van der Waals surface area contributed by atoms with E-state index in [0.717, 1.165) is 56.9 Å². The lowest BCUT2D eigenvalue weighted by atomic mass is 10.0. The van der Waals surface area contributed by atoms with Crippen molar-refractivity contribution in [1.29, 1.82) is 0 Å². The number of piperazine rings is 1. The maximum atomic E-state index is 13.3. The number of imide groups is 1. The zero-order chi connectivity index (χ0) is 22.2. The number of rotatable bonds is 11. The van der Waals surface area contributed by atoms with Crippen LogP contribution in [0.4, 0.5) is 0 Å². The fourth-order valence-corrected chi connectivity index (χ4v) is 3.91. The summed E-state index contributed by atoms with van der Waals surface area (Å²) in [5.41, 5.74) is 1.80. The van der Waals surface area contributed by atoms with E-state index in [2.05, 4.69) is 23.8 Å². The van der Waals surface area contributed by atoms with Crippen molar-refractivity contribution in [3.63, 3.8) is 0 Å². The Hall–Kier alpha value is -2.38. The molecule has 0 aromatic heterocycles. The van der Waals surface area contributed by atoms with Gasteiger partial charge >= 0.3 is 0 Å². The molecule has 3 rings (SSSR count). The van der Waals surface area contributed by atoms with Crippen LogP contribution in [-0.4, -0.2) is 86.1 Å². The number of hydrogen-bond donors (Lipinski definition) is 0. The number of nitrogens with zero attached hydrogens (tertiary/aromatic N) is 3. The molecule has 7 nitrogen and oxygen atoms in total. The van der Waals surface area contributed by atoms with Crippen LogP contribution in [0, 0.1) is 0 Å². The molecular formula is C24H35N3O4. The molecule has 0 N–H and O–H groups in total. The average molecular weight is 430 g/mol. The summed E-state index contributed by atoms with van der Waals surface area (Å²) in [7, 11) is 2.07. The van der Waals surface area contributed by atoms with Crippen LogP contribution in [0.5, 0.6) is 5.75 Å². The van der Waals surface area contributed by atoms with E-state index in [-0.39, 0.29) is 11.8 Å². The van der Waals surface area contributed by atoms with Gasteiger partial charge in [-0.25, -0.2) is 0 Å². The molecular weight excluding hydrogens is 394 g/mol. The van der Waals surface area contributed by atoms with Crippen molar-refractivity contribution in [1.82, 2.24) is 14.7 Å². The molecule has 0 aliphatic carbocycles. The topological polar surface area (TPSA) is 62.3 Å². The van der Waals surface area contributed by atoms with Gasteiger partial charge in [-0.3, -0.25) is 14.5 Å². The molecule has 31 heavy (non-hydrogen) atoms. The summed E-state index contributed by atoms with van der Waals surface area (Å²) in [6, 6.07) is 7.46. The van der Waals surface area contributed by atoms with E-state index >= 15 is 0 Å². The Morgan fingerprint density at radius 2 is 1.58 bits per heavy atom. The maximum absolute atomic E-state index is 13.3. The van der Waals surface area contributed by atoms with E-state index < -0.39 is 0 Å². The Morgan fingerprint density at radius 1 is 0.903 bits per heavy atom. The highest BCUT2D eigenvalue weighted by molar-refractivity contribution is 6.35. The molecule has 170 valence electrons. The highest BCUT2D eigenvalue weighted by Gasteiger charge is 2.41. The van der Waals surface area contributed by atoms with Crippen molar-refractivity contribution in [2.75, 3.05) is 59.6 Å². The average Bonchev–Trinajstić information content (AvgIpc) is 3.02. The molecule has 2 aliphatic rings. The molecule has 1 fully saturated rings. The molecule has 7 heteroatoms. The molecule has 2 amide bonds. The number of benzene rings is 1. The number of ether oxygens (including phenoxy) is 2. The van der Waals surface area contributed by atoms with Gasteiger partial charge in [0, 0.05) is 45.9 Å². The highest BCUT2D eigenvalue weighted by atomic mass is 16.5. The Balaban J connectivity index is 1.79. The van der Waals surface area contributed by atoms with Crippen LogP contribution in [-0.2, 0) is 14.3 Å². The van der Waals surface area contributed by atoms with E-state index in [4.69, 9.17) is 9.47 Å². The van der Waals surface area contributed by atoms with Gasteiger partial charge in [-0.1, -0.05) is 25.5 Å². The second-order valence-corrected chi connectivity index (χ2v) is 8.05. The Bertz CT molecular complexity index is 783. The van der Waals surface area contributed by atoms with Gasteiger partial charge in [0.1, 0.15) is 11.4 Å². The second-order valence-electron chi connectivity index (χ2n) is 8.05. The molecule has 2 aliphatic heterocycles. The summed E-state index contributed by atoms with van der Waals surface area (Å²) < 4.78 is 11.1. The molecule has 0 spiro atoms. The lowest BCUT2D eigenvalue weighted by molar-refractivity contribution is -0.137. The zero-order valence-electron chi connectivity index (χ0n) is 19.1. The quantitative estimate of drug-likeness (QED) is 0.398. The molecule has 0 saturated carbocycles. The number of carbonyl (C=O) groups is 2.